The number of thioether (sulfide) groups is 1. The first-order valence-electron chi connectivity index (χ1n) is 11.5. The van der Waals surface area contributed by atoms with Gasteiger partial charge in [0.05, 0.1) is 29.5 Å². The molecule has 1 amide bonds. The van der Waals surface area contributed by atoms with Crippen molar-refractivity contribution in [1.29, 1.82) is 0 Å². The van der Waals surface area contributed by atoms with Crippen molar-refractivity contribution < 1.29 is 9.53 Å². The molecular formula is C27H25N5O3S. The SMILES string of the molecule is COc1ccccc1-n1c(=O)c2ccccc2n2c(SCC(=O)NCC(C)c3ccccc3)nnc12. The summed E-state index contributed by atoms with van der Waals surface area (Å²) in [6.07, 6.45) is 0. The third kappa shape index (κ3) is 4.45. The van der Waals surface area contributed by atoms with Gasteiger partial charge in [0.1, 0.15) is 5.75 Å². The second-order valence-electron chi connectivity index (χ2n) is 8.35. The molecule has 0 bridgehead atoms. The van der Waals surface area contributed by atoms with Crippen LogP contribution in [0, 0.1) is 0 Å². The van der Waals surface area contributed by atoms with Crippen LogP contribution in [0.4, 0.5) is 0 Å². The third-order valence-corrected chi connectivity index (χ3v) is 6.96. The average Bonchev–Trinajstić information content (AvgIpc) is 3.35. The molecule has 0 aliphatic rings. The van der Waals surface area contributed by atoms with Crippen LogP contribution in [-0.2, 0) is 4.79 Å². The second kappa shape index (κ2) is 10.2. The molecule has 1 atom stereocenters. The van der Waals surface area contributed by atoms with Gasteiger partial charge in [0.2, 0.25) is 11.7 Å². The Hall–Kier alpha value is -4.11. The topological polar surface area (TPSA) is 90.5 Å². The molecule has 36 heavy (non-hydrogen) atoms. The Labute approximate surface area is 211 Å². The number of nitrogens with zero attached hydrogens (tertiary/aromatic N) is 4. The van der Waals surface area contributed by atoms with Crippen molar-refractivity contribution in [3.8, 4) is 11.4 Å². The quantitative estimate of drug-likeness (QED) is 0.324. The van der Waals surface area contributed by atoms with Crippen LogP contribution in [-0.4, -0.2) is 44.5 Å². The maximum Gasteiger partial charge on any atom is 0.267 e. The van der Waals surface area contributed by atoms with Crippen LogP contribution >= 0.6 is 11.8 Å². The standard InChI is InChI=1S/C27H25N5O3S/c1-18(19-10-4-3-5-11-19)16-28-24(33)17-36-27-30-29-26-31(22-14-8-9-15-23(22)35-2)25(34)20-12-6-7-13-21(20)32(26)27/h3-15,18H,16-17H2,1-2H3,(H,28,33). The van der Waals surface area contributed by atoms with E-state index in [-0.39, 0.29) is 23.1 Å². The molecule has 0 radical (unpaired) electrons. The zero-order valence-electron chi connectivity index (χ0n) is 19.9. The van der Waals surface area contributed by atoms with Crippen LogP contribution in [0.25, 0.3) is 22.4 Å². The summed E-state index contributed by atoms with van der Waals surface area (Å²) in [5, 5.41) is 12.7. The van der Waals surface area contributed by atoms with Gasteiger partial charge in [-0.1, -0.05) is 73.3 Å². The van der Waals surface area contributed by atoms with E-state index in [0.29, 0.717) is 39.8 Å². The predicted octanol–water partition coefficient (Wildman–Crippen LogP) is 4.05. The summed E-state index contributed by atoms with van der Waals surface area (Å²) in [5.41, 5.74) is 2.19. The molecule has 0 aliphatic carbocycles. The molecule has 3 aromatic carbocycles. The Bertz CT molecular complexity index is 1600. The summed E-state index contributed by atoms with van der Waals surface area (Å²) >= 11 is 1.28. The largest absolute Gasteiger partial charge is 0.495 e. The number of amides is 1. The number of carbonyl (C=O) groups excluding carboxylic acids is 1. The highest BCUT2D eigenvalue weighted by molar-refractivity contribution is 7.99. The van der Waals surface area contributed by atoms with E-state index < -0.39 is 0 Å². The van der Waals surface area contributed by atoms with Crippen LogP contribution in [0.15, 0.2) is 88.8 Å². The van der Waals surface area contributed by atoms with E-state index >= 15 is 0 Å². The fourth-order valence-corrected chi connectivity index (χ4v) is 4.92. The highest BCUT2D eigenvalue weighted by Crippen LogP contribution is 2.27. The Kier molecular flexibility index (Phi) is 6.73. The zero-order valence-corrected chi connectivity index (χ0v) is 20.7. The lowest BCUT2D eigenvalue weighted by Gasteiger charge is -2.14. The monoisotopic (exact) mass is 499 g/mol. The van der Waals surface area contributed by atoms with Gasteiger partial charge in [0.25, 0.3) is 5.56 Å². The Morgan fingerprint density at radius 3 is 2.53 bits per heavy atom. The molecule has 5 aromatic rings. The van der Waals surface area contributed by atoms with Crippen molar-refractivity contribution >= 4 is 34.3 Å². The summed E-state index contributed by atoms with van der Waals surface area (Å²) in [7, 11) is 1.56. The molecule has 1 unspecified atom stereocenters. The van der Waals surface area contributed by atoms with Gasteiger partial charge in [-0.05, 0) is 35.7 Å². The Balaban J connectivity index is 1.46. The molecule has 0 saturated heterocycles. The highest BCUT2D eigenvalue weighted by atomic mass is 32.2. The van der Waals surface area contributed by atoms with Gasteiger partial charge < -0.3 is 10.1 Å². The van der Waals surface area contributed by atoms with Gasteiger partial charge in [-0.3, -0.25) is 14.0 Å². The molecular weight excluding hydrogens is 474 g/mol. The van der Waals surface area contributed by atoms with Crippen LogP contribution in [0.2, 0.25) is 0 Å². The normalized spacial score (nSPS) is 12.1. The lowest BCUT2D eigenvalue weighted by Crippen LogP contribution is -2.29. The number of rotatable bonds is 8. The minimum atomic E-state index is -0.223. The maximum atomic E-state index is 13.5. The lowest BCUT2D eigenvalue weighted by atomic mass is 10.0. The summed E-state index contributed by atoms with van der Waals surface area (Å²) in [5.74, 6) is 1.17. The van der Waals surface area contributed by atoms with E-state index in [2.05, 4.69) is 34.6 Å². The number of benzene rings is 3. The van der Waals surface area contributed by atoms with Gasteiger partial charge >= 0.3 is 0 Å². The molecule has 0 fully saturated rings. The summed E-state index contributed by atoms with van der Waals surface area (Å²) in [6, 6.07) is 24.7. The number of methoxy groups -OCH3 is 1. The first-order chi connectivity index (χ1) is 17.6. The molecule has 9 heteroatoms. The van der Waals surface area contributed by atoms with Gasteiger partial charge in [-0.2, -0.15) is 0 Å². The predicted molar refractivity (Wildman–Crippen MR) is 141 cm³/mol. The van der Waals surface area contributed by atoms with Gasteiger partial charge in [-0.25, -0.2) is 4.57 Å². The maximum absolute atomic E-state index is 13.5. The molecule has 0 spiro atoms. The van der Waals surface area contributed by atoms with Crippen LogP contribution in [0.1, 0.15) is 18.4 Å². The van der Waals surface area contributed by atoms with Crippen LogP contribution in [0.5, 0.6) is 5.75 Å². The van der Waals surface area contributed by atoms with Crippen LogP contribution in [0.3, 0.4) is 0 Å². The number of hydrogen-bond acceptors (Lipinski definition) is 6. The molecule has 2 aromatic heterocycles. The summed E-state index contributed by atoms with van der Waals surface area (Å²) in [4.78, 5) is 26.1. The number of para-hydroxylation sites is 3. The first kappa shape index (κ1) is 23.6. The molecule has 8 nitrogen and oxygen atoms in total. The average molecular weight is 500 g/mol. The first-order valence-corrected chi connectivity index (χ1v) is 12.5. The van der Waals surface area contributed by atoms with E-state index in [1.165, 1.54) is 21.9 Å². The highest BCUT2D eigenvalue weighted by Gasteiger charge is 2.20. The lowest BCUT2D eigenvalue weighted by molar-refractivity contribution is -0.118. The zero-order chi connectivity index (χ0) is 25.1. The number of fused-ring (bicyclic) bond motifs is 3. The second-order valence-corrected chi connectivity index (χ2v) is 9.29. The van der Waals surface area contributed by atoms with Crippen molar-refractivity contribution in [1.82, 2.24) is 24.5 Å². The Morgan fingerprint density at radius 1 is 1.00 bits per heavy atom. The smallest absolute Gasteiger partial charge is 0.267 e. The van der Waals surface area contributed by atoms with Crippen molar-refractivity contribution in [2.24, 2.45) is 0 Å². The van der Waals surface area contributed by atoms with Crippen molar-refractivity contribution in [3.05, 3.63) is 94.8 Å². The summed E-state index contributed by atoms with van der Waals surface area (Å²) < 4.78 is 8.82. The molecule has 182 valence electrons. The van der Waals surface area contributed by atoms with Crippen LogP contribution < -0.4 is 15.6 Å². The van der Waals surface area contributed by atoms with E-state index in [1.54, 1.807) is 25.3 Å². The number of carbonyl (C=O) groups is 1. The minimum absolute atomic E-state index is 0.0955. The third-order valence-electron chi connectivity index (χ3n) is 6.03. The molecule has 0 saturated carbocycles. The van der Waals surface area contributed by atoms with E-state index in [1.807, 2.05) is 52.9 Å². The van der Waals surface area contributed by atoms with Crippen molar-refractivity contribution in [3.63, 3.8) is 0 Å². The van der Waals surface area contributed by atoms with Gasteiger partial charge in [-0.15, -0.1) is 10.2 Å². The fourth-order valence-electron chi connectivity index (χ4n) is 4.15. The molecule has 2 heterocycles. The van der Waals surface area contributed by atoms with Crippen molar-refractivity contribution in [2.75, 3.05) is 19.4 Å². The number of nitrogens with one attached hydrogen (secondary N) is 1. The Morgan fingerprint density at radius 2 is 1.72 bits per heavy atom. The minimum Gasteiger partial charge on any atom is -0.495 e. The van der Waals surface area contributed by atoms with Gasteiger partial charge in [0, 0.05) is 6.54 Å². The molecule has 0 aliphatic heterocycles. The number of hydrogen-bond donors (Lipinski definition) is 1. The number of aromatic nitrogens is 4. The molecule has 5 rings (SSSR count). The van der Waals surface area contributed by atoms with Gasteiger partial charge in [0.15, 0.2) is 5.16 Å². The fraction of sp³-hybridized carbons (Fsp3) is 0.185. The van der Waals surface area contributed by atoms with E-state index in [0.717, 1.165) is 0 Å². The molecule has 1 N–H and O–H groups in total. The summed E-state index contributed by atoms with van der Waals surface area (Å²) in [6.45, 7) is 2.62. The van der Waals surface area contributed by atoms with Crippen molar-refractivity contribution in [2.45, 2.75) is 18.0 Å². The van der Waals surface area contributed by atoms with E-state index in [4.69, 9.17) is 4.74 Å². The van der Waals surface area contributed by atoms with E-state index in [9.17, 15) is 9.59 Å². The number of ether oxygens (including phenoxy) is 1.